The van der Waals surface area contributed by atoms with Crippen molar-refractivity contribution in [3.8, 4) is 0 Å². The highest BCUT2D eigenvalue weighted by atomic mass is 32.2. The zero-order valence-corrected chi connectivity index (χ0v) is 8.58. The van der Waals surface area contributed by atoms with Crippen LogP contribution >= 0.6 is 11.8 Å². The van der Waals surface area contributed by atoms with Gasteiger partial charge in [0.05, 0.1) is 0 Å². The van der Waals surface area contributed by atoms with Crippen LogP contribution in [0.1, 0.15) is 33.6 Å². The molecule has 1 saturated heterocycles. The van der Waals surface area contributed by atoms with E-state index in [-0.39, 0.29) is 5.41 Å². The largest absolute Gasteiger partial charge is 0.326 e. The van der Waals surface area contributed by atoms with E-state index in [0.29, 0.717) is 6.04 Å². The monoisotopic (exact) mass is 173 g/mol. The Morgan fingerprint density at radius 2 is 2.09 bits per heavy atom. The lowest BCUT2D eigenvalue weighted by Gasteiger charge is -2.31. The van der Waals surface area contributed by atoms with Gasteiger partial charge in [-0.25, -0.2) is 0 Å². The Hall–Kier alpha value is 0.310. The first-order valence-electron chi connectivity index (χ1n) is 4.39. The molecule has 2 unspecified atom stereocenters. The van der Waals surface area contributed by atoms with Crippen molar-refractivity contribution in [2.45, 2.75) is 44.9 Å². The van der Waals surface area contributed by atoms with Crippen LogP contribution in [0.25, 0.3) is 0 Å². The van der Waals surface area contributed by atoms with E-state index < -0.39 is 0 Å². The summed E-state index contributed by atoms with van der Waals surface area (Å²) in [5.41, 5.74) is 6.41. The van der Waals surface area contributed by atoms with Crippen molar-refractivity contribution < 1.29 is 0 Å². The van der Waals surface area contributed by atoms with E-state index in [4.69, 9.17) is 5.73 Å². The molecule has 0 bridgehead atoms. The SMILES string of the molecule is CC(C)(C)C(N)C1CCCS1. The fourth-order valence-corrected chi connectivity index (χ4v) is 3.03. The lowest BCUT2D eigenvalue weighted by molar-refractivity contribution is 0.310. The second kappa shape index (κ2) is 3.36. The van der Waals surface area contributed by atoms with E-state index in [1.54, 1.807) is 0 Å². The van der Waals surface area contributed by atoms with Crippen LogP contribution in [-0.2, 0) is 0 Å². The summed E-state index contributed by atoms with van der Waals surface area (Å²) in [5, 5.41) is 0.718. The fourth-order valence-electron chi connectivity index (χ4n) is 1.44. The molecule has 0 aromatic rings. The van der Waals surface area contributed by atoms with Gasteiger partial charge in [0, 0.05) is 11.3 Å². The van der Waals surface area contributed by atoms with E-state index in [0.717, 1.165) is 5.25 Å². The Balaban J connectivity index is 2.46. The Morgan fingerprint density at radius 3 is 2.45 bits per heavy atom. The first-order chi connectivity index (χ1) is 5.02. The molecule has 0 aliphatic carbocycles. The highest BCUT2D eigenvalue weighted by Crippen LogP contribution is 2.34. The van der Waals surface area contributed by atoms with Crippen LogP contribution in [0.3, 0.4) is 0 Å². The highest BCUT2D eigenvalue weighted by Gasteiger charge is 2.31. The predicted octanol–water partition coefficient (Wildman–Crippen LogP) is 2.26. The molecule has 0 saturated carbocycles. The van der Waals surface area contributed by atoms with Crippen molar-refractivity contribution >= 4 is 11.8 Å². The van der Waals surface area contributed by atoms with Gasteiger partial charge in [-0.2, -0.15) is 11.8 Å². The lowest BCUT2D eigenvalue weighted by Crippen LogP contribution is -2.42. The summed E-state index contributed by atoms with van der Waals surface area (Å²) in [4.78, 5) is 0. The molecule has 1 nitrogen and oxygen atoms in total. The van der Waals surface area contributed by atoms with Gasteiger partial charge in [0.2, 0.25) is 0 Å². The van der Waals surface area contributed by atoms with Gasteiger partial charge in [0.25, 0.3) is 0 Å². The molecule has 2 heteroatoms. The molecule has 11 heavy (non-hydrogen) atoms. The van der Waals surface area contributed by atoms with Gasteiger partial charge in [-0.05, 0) is 24.0 Å². The normalized spacial score (nSPS) is 28.9. The first kappa shape index (κ1) is 9.40. The summed E-state index contributed by atoms with van der Waals surface area (Å²) in [7, 11) is 0. The third-order valence-corrected chi connectivity index (χ3v) is 3.85. The Labute approximate surface area is 74.1 Å². The number of nitrogens with two attached hydrogens (primary N) is 1. The molecule has 66 valence electrons. The van der Waals surface area contributed by atoms with Crippen LogP contribution in [0.15, 0.2) is 0 Å². The minimum atomic E-state index is 0.280. The Bertz CT molecular complexity index is 122. The van der Waals surface area contributed by atoms with E-state index in [9.17, 15) is 0 Å². The molecular weight excluding hydrogens is 154 g/mol. The third kappa shape index (κ3) is 2.38. The highest BCUT2D eigenvalue weighted by molar-refractivity contribution is 8.00. The van der Waals surface area contributed by atoms with Gasteiger partial charge in [-0.1, -0.05) is 20.8 Å². The molecule has 1 heterocycles. The van der Waals surface area contributed by atoms with E-state index in [1.165, 1.54) is 18.6 Å². The average molecular weight is 173 g/mol. The van der Waals surface area contributed by atoms with Gasteiger partial charge >= 0.3 is 0 Å². The third-order valence-electron chi connectivity index (χ3n) is 2.37. The minimum absolute atomic E-state index is 0.280. The zero-order valence-electron chi connectivity index (χ0n) is 7.76. The molecule has 1 aliphatic rings. The maximum Gasteiger partial charge on any atom is 0.0208 e. The van der Waals surface area contributed by atoms with Crippen LogP contribution in [-0.4, -0.2) is 17.0 Å². The molecule has 2 atom stereocenters. The van der Waals surface area contributed by atoms with Crippen LogP contribution in [0.5, 0.6) is 0 Å². The van der Waals surface area contributed by atoms with E-state index >= 15 is 0 Å². The molecule has 1 aliphatic heterocycles. The number of hydrogen-bond donors (Lipinski definition) is 1. The van der Waals surface area contributed by atoms with Crippen molar-refractivity contribution in [1.29, 1.82) is 0 Å². The van der Waals surface area contributed by atoms with Gasteiger partial charge in [0.15, 0.2) is 0 Å². The number of thioether (sulfide) groups is 1. The molecule has 0 radical (unpaired) electrons. The summed E-state index contributed by atoms with van der Waals surface area (Å²) < 4.78 is 0. The summed E-state index contributed by atoms with van der Waals surface area (Å²) in [6.07, 6.45) is 2.68. The van der Waals surface area contributed by atoms with Gasteiger partial charge in [-0.3, -0.25) is 0 Å². The van der Waals surface area contributed by atoms with Crippen molar-refractivity contribution in [1.82, 2.24) is 0 Å². The van der Waals surface area contributed by atoms with Gasteiger partial charge in [-0.15, -0.1) is 0 Å². The minimum Gasteiger partial charge on any atom is -0.326 e. The van der Waals surface area contributed by atoms with Gasteiger partial charge in [0.1, 0.15) is 0 Å². The molecule has 0 aromatic carbocycles. The van der Waals surface area contributed by atoms with E-state index in [2.05, 4.69) is 32.5 Å². The van der Waals surface area contributed by atoms with Gasteiger partial charge < -0.3 is 5.73 Å². The topological polar surface area (TPSA) is 26.0 Å². The molecule has 1 rings (SSSR count). The summed E-state index contributed by atoms with van der Waals surface area (Å²) in [5.74, 6) is 1.31. The Kier molecular flexibility index (Phi) is 2.87. The molecule has 1 fully saturated rings. The molecule has 0 aromatic heterocycles. The quantitative estimate of drug-likeness (QED) is 0.658. The summed E-state index contributed by atoms with van der Waals surface area (Å²) in [6, 6.07) is 0.370. The van der Waals surface area contributed by atoms with Crippen LogP contribution < -0.4 is 5.73 Å². The molecule has 0 amide bonds. The number of hydrogen-bond acceptors (Lipinski definition) is 2. The maximum absolute atomic E-state index is 6.14. The summed E-state index contributed by atoms with van der Waals surface area (Å²) >= 11 is 2.05. The smallest absolute Gasteiger partial charge is 0.0208 e. The molecule has 0 spiro atoms. The molecular formula is C9H19NS. The van der Waals surface area contributed by atoms with Crippen LogP contribution in [0, 0.1) is 5.41 Å². The Morgan fingerprint density at radius 1 is 1.45 bits per heavy atom. The fraction of sp³-hybridized carbons (Fsp3) is 1.00. The zero-order chi connectivity index (χ0) is 8.48. The van der Waals surface area contributed by atoms with Crippen molar-refractivity contribution in [2.75, 3.05) is 5.75 Å². The second-order valence-corrected chi connectivity index (χ2v) is 5.79. The molecule has 2 N–H and O–H groups in total. The van der Waals surface area contributed by atoms with Crippen LogP contribution in [0.2, 0.25) is 0 Å². The van der Waals surface area contributed by atoms with E-state index in [1.807, 2.05) is 0 Å². The number of rotatable bonds is 1. The maximum atomic E-state index is 6.14. The average Bonchev–Trinajstić information content (AvgIpc) is 2.34. The van der Waals surface area contributed by atoms with Crippen LogP contribution in [0.4, 0.5) is 0 Å². The lowest BCUT2D eigenvalue weighted by atomic mass is 9.84. The van der Waals surface area contributed by atoms with Crippen molar-refractivity contribution in [2.24, 2.45) is 11.1 Å². The first-order valence-corrected chi connectivity index (χ1v) is 5.44. The van der Waals surface area contributed by atoms with Crippen molar-refractivity contribution in [3.63, 3.8) is 0 Å². The second-order valence-electron chi connectivity index (χ2n) is 4.44. The predicted molar refractivity (Wildman–Crippen MR) is 52.9 cm³/mol. The summed E-state index contributed by atoms with van der Waals surface area (Å²) in [6.45, 7) is 6.70. The van der Waals surface area contributed by atoms with Crippen molar-refractivity contribution in [3.05, 3.63) is 0 Å². The standard InChI is InChI=1S/C9H19NS/c1-9(2,3)8(10)7-5-4-6-11-7/h7-8H,4-6,10H2,1-3H3.